The predicted octanol–water partition coefficient (Wildman–Crippen LogP) is 3.13. The molecule has 2 aliphatic rings. The van der Waals surface area contributed by atoms with Crippen molar-refractivity contribution in [3.8, 4) is 5.75 Å². The summed E-state index contributed by atoms with van der Waals surface area (Å²) in [6.07, 6.45) is 0.719. The molecule has 1 aromatic rings. The van der Waals surface area contributed by atoms with Gasteiger partial charge in [0.05, 0.1) is 6.04 Å². The SMILES string of the molecule is C=C(C)CN1C(=S)NC2CC1(C)Oc1ccc(F)cc12. The van der Waals surface area contributed by atoms with Crippen molar-refractivity contribution < 1.29 is 9.13 Å². The summed E-state index contributed by atoms with van der Waals surface area (Å²) in [5.41, 5.74) is 1.33. The number of rotatable bonds is 2. The number of nitrogens with one attached hydrogen (secondary N) is 1. The molecule has 1 aromatic carbocycles. The summed E-state index contributed by atoms with van der Waals surface area (Å²) in [5.74, 6) is 0.458. The molecule has 5 heteroatoms. The van der Waals surface area contributed by atoms with Gasteiger partial charge in [-0.25, -0.2) is 4.39 Å². The molecular weight excluding hydrogens is 275 g/mol. The lowest BCUT2D eigenvalue weighted by molar-refractivity contribution is -0.0642. The van der Waals surface area contributed by atoms with E-state index in [9.17, 15) is 4.39 Å². The normalized spacial score (nSPS) is 27.4. The van der Waals surface area contributed by atoms with Gasteiger partial charge in [-0.2, -0.15) is 0 Å². The molecule has 0 aliphatic carbocycles. The summed E-state index contributed by atoms with van der Waals surface area (Å²) in [5, 5.41) is 3.91. The Labute approximate surface area is 123 Å². The van der Waals surface area contributed by atoms with E-state index in [-0.39, 0.29) is 11.9 Å². The van der Waals surface area contributed by atoms with Gasteiger partial charge in [0.25, 0.3) is 0 Å². The van der Waals surface area contributed by atoms with E-state index in [1.54, 1.807) is 6.07 Å². The van der Waals surface area contributed by atoms with E-state index < -0.39 is 5.72 Å². The summed E-state index contributed by atoms with van der Waals surface area (Å²) in [6, 6.07) is 4.62. The summed E-state index contributed by atoms with van der Waals surface area (Å²) < 4.78 is 19.5. The summed E-state index contributed by atoms with van der Waals surface area (Å²) in [6.45, 7) is 8.57. The van der Waals surface area contributed by atoms with Crippen LogP contribution in [0.1, 0.15) is 31.9 Å². The maximum atomic E-state index is 13.4. The molecule has 2 aliphatic heterocycles. The molecule has 1 fully saturated rings. The lowest BCUT2D eigenvalue weighted by Crippen LogP contribution is -2.64. The van der Waals surface area contributed by atoms with Gasteiger partial charge in [-0.1, -0.05) is 12.2 Å². The quantitative estimate of drug-likeness (QED) is 0.668. The van der Waals surface area contributed by atoms with E-state index in [0.29, 0.717) is 17.4 Å². The van der Waals surface area contributed by atoms with Crippen LogP contribution in [0, 0.1) is 5.82 Å². The lowest BCUT2D eigenvalue weighted by atomic mass is 9.90. The molecule has 20 heavy (non-hydrogen) atoms. The Balaban J connectivity index is 2.02. The molecule has 0 saturated carbocycles. The highest BCUT2D eigenvalue weighted by atomic mass is 32.1. The van der Waals surface area contributed by atoms with E-state index in [1.807, 2.05) is 18.7 Å². The van der Waals surface area contributed by atoms with E-state index in [4.69, 9.17) is 17.0 Å². The van der Waals surface area contributed by atoms with Gasteiger partial charge in [0.1, 0.15) is 11.6 Å². The number of hydrogen-bond donors (Lipinski definition) is 1. The molecule has 2 atom stereocenters. The van der Waals surface area contributed by atoms with Crippen LogP contribution in [0.3, 0.4) is 0 Å². The van der Waals surface area contributed by atoms with Gasteiger partial charge in [0, 0.05) is 18.5 Å². The molecule has 0 amide bonds. The number of ether oxygens (including phenoxy) is 1. The fourth-order valence-corrected chi connectivity index (χ4v) is 3.30. The molecule has 3 rings (SSSR count). The van der Waals surface area contributed by atoms with Crippen LogP contribution in [-0.2, 0) is 0 Å². The molecule has 0 radical (unpaired) electrons. The maximum Gasteiger partial charge on any atom is 0.184 e. The Kier molecular flexibility index (Phi) is 2.97. The molecule has 1 saturated heterocycles. The van der Waals surface area contributed by atoms with Gasteiger partial charge in [0.2, 0.25) is 0 Å². The lowest BCUT2D eigenvalue weighted by Gasteiger charge is -2.52. The topological polar surface area (TPSA) is 24.5 Å². The molecule has 3 nitrogen and oxygen atoms in total. The van der Waals surface area contributed by atoms with Crippen LogP contribution in [0.2, 0.25) is 0 Å². The van der Waals surface area contributed by atoms with Crippen LogP contribution < -0.4 is 10.1 Å². The number of fused-ring (bicyclic) bond motifs is 4. The Morgan fingerprint density at radius 3 is 3.10 bits per heavy atom. The number of benzene rings is 1. The third-order valence-electron chi connectivity index (χ3n) is 3.80. The highest BCUT2D eigenvalue weighted by Gasteiger charge is 2.47. The van der Waals surface area contributed by atoms with E-state index in [1.165, 1.54) is 12.1 Å². The van der Waals surface area contributed by atoms with Crippen molar-refractivity contribution >= 4 is 17.3 Å². The van der Waals surface area contributed by atoms with Gasteiger partial charge in [-0.05, 0) is 44.3 Å². The molecule has 0 aromatic heterocycles. The van der Waals surface area contributed by atoms with Crippen LogP contribution in [0.25, 0.3) is 0 Å². The minimum Gasteiger partial charge on any atom is -0.468 e. The van der Waals surface area contributed by atoms with Crippen molar-refractivity contribution in [2.24, 2.45) is 0 Å². The van der Waals surface area contributed by atoms with E-state index >= 15 is 0 Å². The standard InChI is InChI=1S/C15H17FN2OS/c1-9(2)8-18-14(20)17-12-7-15(18,3)19-13-5-4-10(16)6-11(12)13/h4-6,12H,1,7-8H2,2-3H3,(H,17,20). The number of thiocarbonyl (C=S) groups is 1. The molecule has 2 heterocycles. The number of hydrogen-bond acceptors (Lipinski definition) is 2. The van der Waals surface area contributed by atoms with Gasteiger partial charge < -0.3 is 15.0 Å². The average Bonchev–Trinajstić information content (AvgIpc) is 2.35. The van der Waals surface area contributed by atoms with Crippen molar-refractivity contribution in [1.29, 1.82) is 0 Å². The highest BCUT2D eigenvalue weighted by molar-refractivity contribution is 7.80. The summed E-state index contributed by atoms with van der Waals surface area (Å²) in [7, 11) is 0. The van der Waals surface area contributed by atoms with Crippen LogP contribution in [-0.4, -0.2) is 22.3 Å². The largest absolute Gasteiger partial charge is 0.468 e. The first-order chi connectivity index (χ1) is 9.39. The fourth-order valence-electron chi connectivity index (χ4n) is 2.90. The predicted molar refractivity (Wildman–Crippen MR) is 80.0 cm³/mol. The Morgan fingerprint density at radius 2 is 2.40 bits per heavy atom. The number of halogens is 1. The van der Waals surface area contributed by atoms with Crippen molar-refractivity contribution in [3.05, 3.63) is 41.7 Å². The minimum absolute atomic E-state index is 0.00618. The second kappa shape index (κ2) is 4.45. The second-order valence-electron chi connectivity index (χ2n) is 5.71. The summed E-state index contributed by atoms with van der Waals surface area (Å²) in [4.78, 5) is 2.01. The first-order valence-corrected chi connectivity index (χ1v) is 7.01. The molecule has 1 N–H and O–H groups in total. The van der Waals surface area contributed by atoms with Crippen molar-refractivity contribution in [2.75, 3.05) is 6.54 Å². The monoisotopic (exact) mass is 292 g/mol. The van der Waals surface area contributed by atoms with Crippen LogP contribution in [0.15, 0.2) is 30.4 Å². The first-order valence-electron chi connectivity index (χ1n) is 6.60. The summed E-state index contributed by atoms with van der Waals surface area (Å²) >= 11 is 5.43. The van der Waals surface area contributed by atoms with Gasteiger partial charge in [-0.3, -0.25) is 0 Å². The first kappa shape index (κ1) is 13.4. The average molecular weight is 292 g/mol. The van der Waals surface area contributed by atoms with Gasteiger partial charge in [-0.15, -0.1) is 0 Å². The Hall–Kier alpha value is -1.62. The maximum absolute atomic E-state index is 13.4. The van der Waals surface area contributed by atoms with Crippen molar-refractivity contribution in [1.82, 2.24) is 10.2 Å². The smallest absolute Gasteiger partial charge is 0.184 e. The zero-order valence-electron chi connectivity index (χ0n) is 11.6. The van der Waals surface area contributed by atoms with Gasteiger partial charge in [0.15, 0.2) is 10.8 Å². The second-order valence-corrected chi connectivity index (χ2v) is 6.10. The van der Waals surface area contributed by atoms with Gasteiger partial charge >= 0.3 is 0 Å². The Morgan fingerprint density at radius 1 is 1.65 bits per heavy atom. The molecule has 2 bridgehead atoms. The van der Waals surface area contributed by atoms with Crippen LogP contribution >= 0.6 is 12.2 Å². The van der Waals surface area contributed by atoms with Crippen LogP contribution in [0.4, 0.5) is 4.39 Å². The zero-order valence-corrected chi connectivity index (χ0v) is 12.4. The Bertz CT molecular complexity index is 604. The van der Waals surface area contributed by atoms with E-state index in [0.717, 1.165) is 17.6 Å². The minimum atomic E-state index is -0.517. The molecule has 106 valence electrons. The van der Waals surface area contributed by atoms with E-state index in [2.05, 4.69) is 11.9 Å². The van der Waals surface area contributed by atoms with Crippen LogP contribution in [0.5, 0.6) is 5.75 Å². The number of nitrogens with zero attached hydrogens (tertiary/aromatic N) is 1. The van der Waals surface area contributed by atoms with Crippen molar-refractivity contribution in [3.63, 3.8) is 0 Å². The third kappa shape index (κ3) is 2.06. The zero-order chi connectivity index (χ0) is 14.5. The van der Waals surface area contributed by atoms with Crippen molar-refractivity contribution in [2.45, 2.75) is 32.0 Å². The molecular formula is C15H17FN2OS. The highest BCUT2D eigenvalue weighted by Crippen LogP contribution is 2.44. The third-order valence-corrected chi connectivity index (χ3v) is 4.14. The fraction of sp³-hybridized carbons (Fsp3) is 0.400. The molecule has 2 unspecified atom stereocenters. The molecule has 0 spiro atoms.